The van der Waals surface area contributed by atoms with Crippen LogP contribution in [0.3, 0.4) is 0 Å². The van der Waals surface area contributed by atoms with Crippen molar-refractivity contribution in [3.05, 3.63) is 48.0 Å². The molecule has 0 aliphatic carbocycles. The van der Waals surface area contributed by atoms with Gasteiger partial charge in [-0.3, -0.25) is 0 Å². The smallest absolute Gasteiger partial charge is 0.326 e. The third kappa shape index (κ3) is 3.75. The maximum absolute atomic E-state index is 11.9. The van der Waals surface area contributed by atoms with E-state index in [-0.39, 0.29) is 5.92 Å². The predicted octanol–water partition coefficient (Wildman–Crippen LogP) is 2.75. The third-order valence-electron chi connectivity index (χ3n) is 3.54. The molecular formula is C17H20N2O3. The summed E-state index contributed by atoms with van der Waals surface area (Å²) < 4.78 is 0. The van der Waals surface area contributed by atoms with Gasteiger partial charge < -0.3 is 15.7 Å². The first-order chi connectivity index (χ1) is 10.5. The average Bonchev–Trinajstić information content (AvgIpc) is 2.49. The number of amides is 2. The molecule has 2 amide bonds. The number of aliphatic carboxylic acids is 1. The van der Waals surface area contributed by atoms with Gasteiger partial charge in [0.1, 0.15) is 6.04 Å². The Morgan fingerprint density at radius 1 is 1.09 bits per heavy atom. The Morgan fingerprint density at radius 3 is 2.45 bits per heavy atom. The van der Waals surface area contributed by atoms with Crippen molar-refractivity contribution in [1.29, 1.82) is 0 Å². The maximum atomic E-state index is 11.9. The van der Waals surface area contributed by atoms with Crippen molar-refractivity contribution in [3.8, 4) is 0 Å². The molecule has 2 aromatic rings. The van der Waals surface area contributed by atoms with E-state index in [9.17, 15) is 9.59 Å². The van der Waals surface area contributed by atoms with E-state index in [1.165, 1.54) is 0 Å². The lowest BCUT2D eigenvalue weighted by Gasteiger charge is -2.18. The van der Waals surface area contributed by atoms with E-state index < -0.39 is 18.0 Å². The Labute approximate surface area is 129 Å². The molecule has 0 aliphatic rings. The molecule has 0 saturated heterocycles. The van der Waals surface area contributed by atoms with E-state index in [0.29, 0.717) is 6.54 Å². The number of rotatable bonds is 5. The molecule has 0 aromatic heterocycles. The summed E-state index contributed by atoms with van der Waals surface area (Å²) in [6.45, 7) is 3.85. The first-order valence-electron chi connectivity index (χ1n) is 7.23. The van der Waals surface area contributed by atoms with Crippen molar-refractivity contribution in [2.75, 3.05) is 0 Å². The second kappa shape index (κ2) is 6.93. The first-order valence-corrected chi connectivity index (χ1v) is 7.23. The monoisotopic (exact) mass is 300 g/mol. The number of fused-ring (bicyclic) bond motifs is 1. The summed E-state index contributed by atoms with van der Waals surface area (Å²) in [6, 6.07) is 12.4. The molecule has 5 heteroatoms. The van der Waals surface area contributed by atoms with E-state index in [1.807, 2.05) is 42.5 Å². The molecule has 1 unspecified atom stereocenters. The fraction of sp³-hybridized carbons (Fsp3) is 0.294. The molecule has 3 N–H and O–H groups in total. The Morgan fingerprint density at radius 2 is 1.77 bits per heavy atom. The third-order valence-corrected chi connectivity index (χ3v) is 3.54. The fourth-order valence-electron chi connectivity index (χ4n) is 2.33. The summed E-state index contributed by atoms with van der Waals surface area (Å²) in [7, 11) is 0. The highest BCUT2D eigenvalue weighted by atomic mass is 16.4. The highest BCUT2D eigenvalue weighted by Crippen LogP contribution is 2.18. The van der Waals surface area contributed by atoms with E-state index in [4.69, 9.17) is 5.11 Å². The molecule has 116 valence electrons. The molecule has 1 atom stereocenters. The van der Waals surface area contributed by atoms with Crippen LogP contribution in [0.25, 0.3) is 10.8 Å². The molecule has 5 nitrogen and oxygen atoms in total. The zero-order valence-corrected chi connectivity index (χ0v) is 12.7. The lowest BCUT2D eigenvalue weighted by molar-refractivity contribution is -0.140. The summed E-state index contributed by atoms with van der Waals surface area (Å²) >= 11 is 0. The van der Waals surface area contributed by atoms with Crippen molar-refractivity contribution in [2.24, 2.45) is 5.92 Å². The van der Waals surface area contributed by atoms with Gasteiger partial charge in [0.05, 0.1) is 0 Å². The molecule has 2 aromatic carbocycles. The minimum atomic E-state index is -1.03. The van der Waals surface area contributed by atoms with Gasteiger partial charge in [0, 0.05) is 6.54 Å². The summed E-state index contributed by atoms with van der Waals surface area (Å²) in [6.07, 6.45) is 0. The van der Waals surface area contributed by atoms with Gasteiger partial charge in [0.15, 0.2) is 0 Å². The summed E-state index contributed by atoms with van der Waals surface area (Å²) in [5, 5.41) is 16.5. The van der Waals surface area contributed by atoms with Crippen LogP contribution in [-0.2, 0) is 11.3 Å². The number of carbonyl (C=O) groups is 2. The van der Waals surface area contributed by atoms with Crippen LogP contribution < -0.4 is 10.6 Å². The van der Waals surface area contributed by atoms with Crippen LogP contribution in [0, 0.1) is 5.92 Å². The maximum Gasteiger partial charge on any atom is 0.326 e. The number of nitrogens with one attached hydrogen (secondary N) is 2. The van der Waals surface area contributed by atoms with Crippen LogP contribution in [0.15, 0.2) is 42.5 Å². The second-order valence-corrected chi connectivity index (χ2v) is 5.53. The van der Waals surface area contributed by atoms with Crippen LogP contribution in [0.4, 0.5) is 4.79 Å². The van der Waals surface area contributed by atoms with Crippen molar-refractivity contribution < 1.29 is 14.7 Å². The summed E-state index contributed by atoms with van der Waals surface area (Å²) in [5.74, 6) is -1.21. The minimum Gasteiger partial charge on any atom is -0.480 e. The van der Waals surface area contributed by atoms with Crippen LogP contribution in [0.2, 0.25) is 0 Å². The van der Waals surface area contributed by atoms with Crippen molar-refractivity contribution in [2.45, 2.75) is 26.4 Å². The van der Waals surface area contributed by atoms with Crippen LogP contribution in [0.1, 0.15) is 19.4 Å². The zero-order valence-electron chi connectivity index (χ0n) is 12.7. The molecule has 0 bridgehead atoms. The van der Waals surface area contributed by atoms with E-state index >= 15 is 0 Å². The lowest BCUT2D eigenvalue weighted by atomic mass is 10.0. The normalized spacial score (nSPS) is 12.1. The fourth-order valence-corrected chi connectivity index (χ4v) is 2.33. The first kappa shape index (κ1) is 15.8. The quantitative estimate of drug-likeness (QED) is 0.794. The number of carboxylic acids is 1. The van der Waals surface area contributed by atoms with Gasteiger partial charge in [-0.05, 0) is 22.3 Å². The van der Waals surface area contributed by atoms with Gasteiger partial charge in [0.2, 0.25) is 0 Å². The number of benzene rings is 2. The molecule has 2 rings (SSSR count). The lowest BCUT2D eigenvalue weighted by Crippen LogP contribution is -2.48. The predicted molar refractivity (Wildman–Crippen MR) is 85.6 cm³/mol. The molecule has 0 aliphatic heterocycles. The molecule has 0 fully saturated rings. The Bertz CT molecular complexity index is 677. The van der Waals surface area contributed by atoms with Gasteiger partial charge in [-0.2, -0.15) is 0 Å². The standard InChI is InChI=1S/C17H20N2O3/c1-11(2)15(16(20)21)19-17(22)18-10-13-8-5-7-12-6-3-4-9-14(12)13/h3-9,11,15H,10H2,1-2H3,(H,20,21)(H2,18,19,22). The van der Waals surface area contributed by atoms with E-state index in [2.05, 4.69) is 10.6 Å². The Balaban J connectivity index is 2.03. The molecule has 0 saturated carbocycles. The number of hydrogen-bond donors (Lipinski definition) is 3. The number of hydrogen-bond acceptors (Lipinski definition) is 2. The molecule has 22 heavy (non-hydrogen) atoms. The largest absolute Gasteiger partial charge is 0.480 e. The average molecular weight is 300 g/mol. The molecule has 0 radical (unpaired) electrons. The minimum absolute atomic E-state index is 0.180. The van der Waals surface area contributed by atoms with Crippen LogP contribution in [-0.4, -0.2) is 23.1 Å². The highest BCUT2D eigenvalue weighted by Gasteiger charge is 2.23. The van der Waals surface area contributed by atoms with Gasteiger partial charge in [-0.25, -0.2) is 9.59 Å². The Hall–Kier alpha value is -2.56. The zero-order chi connectivity index (χ0) is 16.1. The van der Waals surface area contributed by atoms with E-state index in [1.54, 1.807) is 13.8 Å². The number of carbonyl (C=O) groups excluding carboxylic acids is 1. The highest BCUT2D eigenvalue weighted by molar-refractivity contribution is 5.86. The SMILES string of the molecule is CC(C)C(NC(=O)NCc1cccc2ccccc12)C(=O)O. The van der Waals surface area contributed by atoms with Crippen LogP contribution >= 0.6 is 0 Å². The van der Waals surface area contributed by atoms with Crippen LogP contribution in [0.5, 0.6) is 0 Å². The van der Waals surface area contributed by atoms with Gasteiger partial charge in [-0.15, -0.1) is 0 Å². The molecular weight excluding hydrogens is 280 g/mol. The van der Waals surface area contributed by atoms with Crippen molar-refractivity contribution >= 4 is 22.8 Å². The topological polar surface area (TPSA) is 78.4 Å². The van der Waals surface area contributed by atoms with Crippen molar-refractivity contribution in [1.82, 2.24) is 10.6 Å². The van der Waals surface area contributed by atoms with E-state index in [0.717, 1.165) is 16.3 Å². The van der Waals surface area contributed by atoms with Gasteiger partial charge in [-0.1, -0.05) is 56.3 Å². The number of carboxylic acid groups (broad SMARTS) is 1. The molecule has 0 heterocycles. The second-order valence-electron chi connectivity index (χ2n) is 5.53. The Kier molecular flexibility index (Phi) is 4.99. The summed E-state index contributed by atoms with van der Waals surface area (Å²) in [5.41, 5.74) is 0.990. The molecule has 0 spiro atoms. The van der Waals surface area contributed by atoms with Crippen molar-refractivity contribution in [3.63, 3.8) is 0 Å². The van der Waals surface area contributed by atoms with Gasteiger partial charge >= 0.3 is 12.0 Å². The van der Waals surface area contributed by atoms with Gasteiger partial charge in [0.25, 0.3) is 0 Å². The number of urea groups is 1. The summed E-state index contributed by atoms with van der Waals surface area (Å²) in [4.78, 5) is 23.0.